The average molecular weight is 224 g/mol. The summed E-state index contributed by atoms with van der Waals surface area (Å²) in [6, 6.07) is 0.0900. The van der Waals surface area contributed by atoms with E-state index in [1.807, 2.05) is 4.90 Å². The Kier molecular flexibility index (Phi) is 3.53. The third kappa shape index (κ3) is 2.24. The standard InChI is InChI=1S/C13H24N2O/c1-9-6-7-15(8-9)13(16)12-10(2)4-3-5-11(12)14/h9-12H,3-8,14H2,1-2H3. The van der Waals surface area contributed by atoms with Crippen molar-refractivity contribution in [2.45, 2.75) is 45.6 Å². The first kappa shape index (κ1) is 11.9. The van der Waals surface area contributed by atoms with Crippen LogP contribution in [0.1, 0.15) is 39.5 Å². The second-order valence-corrected chi connectivity index (χ2v) is 5.78. The van der Waals surface area contributed by atoms with E-state index in [2.05, 4.69) is 13.8 Å². The van der Waals surface area contributed by atoms with Gasteiger partial charge >= 0.3 is 0 Å². The maximum Gasteiger partial charge on any atom is 0.227 e. The van der Waals surface area contributed by atoms with Crippen molar-refractivity contribution in [2.75, 3.05) is 13.1 Å². The van der Waals surface area contributed by atoms with Gasteiger partial charge in [-0.3, -0.25) is 4.79 Å². The summed E-state index contributed by atoms with van der Waals surface area (Å²) < 4.78 is 0. The predicted octanol–water partition coefficient (Wildman–Crippen LogP) is 1.62. The van der Waals surface area contributed by atoms with Gasteiger partial charge in [-0.15, -0.1) is 0 Å². The van der Waals surface area contributed by atoms with E-state index in [1.165, 1.54) is 6.42 Å². The molecule has 4 unspecified atom stereocenters. The van der Waals surface area contributed by atoms with Gasteiger partial charge in [-0.1, -0.05) is 20.3 Å². The van der Waals surface area contributed by atoms with Crippen molar-refractivity contribution >= 4 is 5.91 Å². The third-order valence-electron chi connectivity index (χ3n) is 4.29. The van der Waals surface area contributed by atoms with Crippen LogP contribution in [0.2, 0.25) is 0 Å². The summed E-state index contributed by atoms with van der Waals surface area (Å²) >= 11 is 0. The SMILES string of the molecule is CC1CCN(C(=O)C2C(C)CCCC2N)C1. The first-order valence-electron chi connectivity index (χ1n) is 6.64. The largest absolute Gasteiger partial charge is 0.342 e. The van der Waals surface area contributed by atoms with Crippen LogP contribution in [0.25, 0.3) is 0 Å². The molecule has 0 bridgehead atoms. The van der Waals surface area contributed by atoms with Gasteiger partial charge < -0.3 is 10.6 Å². The summed E-state index contributed by atoms with van der Waals surface area (Å²) in [5, 5.41) is 0. The van der Waals surface area contributed by atoms with Crippen molar-refractivity contribution in [1.82, 2.24) is 4.90 Å². The molecule has 0 aromatic rings. The summed E-state index contributed by atoms with van der Waals surface area (Å²) in [5.41, 5.74) is 6.13. The molecule has 1 aliphatic carbocycles. The topological polar surface area (TPSA) is 46.3 Å². The van der Waals surface area contributed by atoms with Gasteiger partial charge in [0.2, 0.25) is 5.91 Å². The minimum Gasteiger partial charge on any atom is -0.342 e. The van der Waals surface area contributed by atoms with Crippen LogP contribution < -0.4 is 5.73 Å². The number of hydrogen-bond acceptors (Lipinski definition) is 2. The Bertz CT molecular complexity index is 257. The van der Waals surface area contributed by atoms with Gasteiger partial charge in [0, 0.05) is 19.1 Å². The molecule has 1 saturated heterocycles. The molecule has 2 fully saturated rings. The van der Waals surface area contributed by atoms with Gasteiger partial charge in [0.25, 0.3) is 0 Å². The molecule has 2 rings (SSSR count). The van der Waals surface area contributed by atoms with Crippen LogP contribution in [-0.2, 0) is 4.79 Å². The Labute approximate surface area is 98.4 Å². The molecule has 4 atom stereocenters. The van der Waals surface area contributed by atoms with E-state index in [0.29, 0.717) is 17.7 Å². The van der Waals surface area contributed by atoms with E-state index < -0.39 is 0 Å². The van der Waals surface area contributed by atoms with E-state index >= 15 is 0 Å². The zero-order valence-electron chi connectivity index (χ0n) is 10.5. The van der Waals surface area contributed by atoms with Crippen LogP contribution in [0, 0.1) is 17.8 Å². The third-order valence-corrected chi connectivity index (χ3v) is 4.29. The van der Waals surface area contributed by atoms with E-state index in [4.69, 9.17) is 5.73 Å². The maximum absolute atomic E-state index is 12.4. The second kappa shape index (κ2) is 4.74. The first-order chi connectivity index (χ1) is 7.59. The Hall–Kier alpha value is -0.570. The van der Waals surface area contributed by atoms with Crippen molar-refractivity contribution in [2.24, 2.45) is 23.5 Å². The quantitative estimate of drug-likeness (QED) is 0.735. The number of amides is 1. The molecule has 0 spiro atoms. The monoisotopic (exact) mass is 224 g/mol. The molecule has 0 aromatic carbocycles. The van der Waals surface area contributed by atoms with Crippen LogP contribution in [0.4, 0.5) is 0 Å². The second-order valence-electron chi connectivity index (χ2n) is 5.78. The van der Waals surface area contributed by atoms with Gasteiger partial charge in [0.1, 0.15) is 0 Å². The number of likely N-dealkylation sites (tertiary alicyclic amines) is 1. The summed E-state index contributed by atoms with van der Waals surface area (Å²) in [7, 11) is 0. The zero-order chi connectivity index (χ0) is 11.7. The normalized spacial score (nSPS) is 40.1. The smallest absolute Gasteiger partial charge is 0.227 e. The number of hydrogen-bond donors (Lipinski definition) is 1. The fourth-order valence-electron chi connectivity index (χ4n) is 3.23. The predicted molar refractivity (Wildman–Crippen MR) is 64.8 cm³/mol. The Balaban J connectivity index is 2.02. The molecular weight excluding hydrogens is 200 g/mol. The summed E-state index contributed by atoms with van der Waals surface area (Å²) in [6.07, 6.45) is 4.52. The molecule has 1 heterocycles. The summed E-state index contributed by atoms with van der Waals surface area (Å²) in [6.45, 7) is 6.28. The highest BCUT2D eigenvalue weighted by atomic mass is 16.2. The minimum absolute atomic E-state index is 0.0825. The zero-order valence-corrected chi connectivity index (χ0v) is 10.5. The fraction of sp³-hybridized carbons (Fsp3) is 0.923. The van der Waals surface area contributed by atoms with E-state index in [0.717, 1.165) is 32.4 Å². The van der Waals surface area contributed by atoms with Gasteiger partial charge in [-0.2, -0.15) is 0 Å². The number of rotatable bonds is 1. The lowest BCUT2D eigenvalue weighted by Gasteiger charge is -2.35. The molecular formula is C13H24N2O. The lowest BCUT2D eigenvalue weighted by atomic mass is 9.76. The molecule has 3 heteroatoms. The molecule has 92 valence electrons. The number of carbonyl (C=O) groups excluding carboxylic acids is 1. The van der Waals surface area contributed by atoms with Crippen molar-refractivity contribution in [3.05, 3.63) is 0 Å². The minimum atomic E-state index is 0.0825. The maximum atomic E-state index is 12.4. The summed E-state index contributed by atoms with van der Waals surface area (Å²) in [5.74, 6) is 1.54. The first-order valence-corrected chi connectivity index (χ1v) is 6.64. The van der Waals surface area contributed by atoms with Crippen LogP contribution in [0.5, 0.6) is 0 Å². The van der Waals surface area contributed by atoms with Gasteiger partial charge in [-0.05, 0) is 31.1 Å². The highest BCUT2D eigenvalue weighted by Crippen LogP contribution is 2.31. The highest BCUT2D eigenvalue weighted by Gasteiger charge is 2.37. The molecule has 1 saturated carbocycles. The Morgan fingerprint density at radius 1 is 1.25 bits per heavy atom. The summed E-state index contributed by atoms with van der Waals surface area (Å²) in [4.78, 5) is 14.5. The van der Waals surface area contributed by atoms with Crippen molar-refractivity contribution in [3.8, 4) is 0 Å². The van der Waals surface area contributed by atoms with Crippen molar-refractivity contribution < 1.29 is 4.79 Å². The number of nitrogens with two attached hydrogens (primary N) is 1. The van der Waals surface area contributed by atoms with Crippen molar-refractivity contribution in [3.63, 3.8) is 0 Å². The number of nitrogens with zero attached hydrogens (tertiary/aromatic N) is 1. The number of carbonyl (C=O) groups is 1. The molecule has 1 aliphatic heterocycles. The van der Waals surface area contributed by atoms with Gasteiger partial charge in [0.05, 0.1) is 5.92 Å². The van der Waals surface area contributed by atoms with E-state index in [1.54, 1.807) is 0 Å². The van der Waals surface area contributed by atoms with Gasteiger partial charge in [0.15, 0.2) is 0 Å². The van der Waals surface area contributed by atoms with Crippen molar-refractivity contribution in [1.29, 1.82) is 0 Å². The van der Waals surface area contributed by atoms with Gasteiger partial charge in [-0.25, -0.2) is 0 Å². The molecule has 0 radical (unpaired) electrons. The average Bonchev–Trinajstić information content (AvgIpc) is 2.64. The molecule has 1 amide bonds. The van der Waals surface area contributed by atoms with E-state index in [9.17, 15) is 4.79 Å². The lowest BCUT2D eigenvalue weighted by molar-refractivity contribution is -0.138. The molecule has 2 aliphatic rings. The Morgan fingerprint density at radius 2 is 2.00 bits per heavy atom. The lowest BCUT2D eigenvalue weighted by Crippen LogP contribution is -2.48. The Morgan fingerprint density at radius 3 is 2.56 bits per heavy atom. The molecule has 16 heavy (non-hydrogen) atoms. The highest BCUT2D eigenvalue weighted by molar-refractivity contribution is 5.80. The van der Waals surface area contributed by atoms with E-state index in [-0.39, 0.29) is 12.0 Å². The fourth-order valence-corrected chi connectivity index (χ4v) is 3.23. The molecule has 0 aromatic heterocycles. The molecule has 3 nitrogen and oxygen atoms in total. The molecule has 2 N–H and O–H groups in total. The van der Waals surface area contributed by atoms with Crippen LogP contribution in [0.15, 0.2) is 0 Å². The van der Waals surface area contributed by atoms with Crippen LogP contribution >= 0.6 is 0 Å². The van der Waals surface area contributed by atoms with Crippen LogP contribution in [0.3, 0.4) is 0 Å². The van der Waals surface area contributed by atoms with Crippen LogP contribution in [-0.4, -0.2) is 29.9 Å².